The standard InChI is InChI=1S/C16H27NO/c1-9(2)3-14(17)16(18)15-12-5-10-4-11(7-12)8-13(15)6-10/h9-15H,3-8,17H2,1-2H3. The van der Waals surface area contributed by atoms with E-state index in [4.69, 9.17) is 5.73 Å². The quantitative estimate of drug-likeness (QED) is 0.832. The molecular weight excluding hydrogens is 222 g/mol. The molecule has 1 unspecified atom stereocenters. The minimum Gasteiger partial charge on any atom is -0.321 e. The van der Waals surface area contributed by atoms with Gasteiger partial charge in [0.05, 0.1) is 6.04 Å². The van der Waals surface area contributed by atoms with Gasteiger partial charge < -0.3 is 5.73 Å². The second-order valence-electron chi connectivity index (χ2n) is 7.59. The van der Waals surface area contributed by atoms with Crippen LogP contribution in [0, 0.1) is 35.5 Å². The first-order chi connectivity index (χ1) is 8.54. The van der Waals surface area contributed by atoms with Crippen molar-refractivity contribution in [3.63, 3.8) is 0 Å². The number of carbonyl (C=O) groups is 1. The first-order valence-electron chi connectivity index (χ1n) is 7.84. The fraction of sp³-hybridized carbons (Fsp3) is 0.938. The number of hydrogen-bond donors (Lipinski definition) is 1. The topological polar surface area (TPSA) is 43.1 Å². The monoisotopic (exact) mass is 249 g/mol. The van der Waals surface area contributed by atoms with Crippen molar-refractivity contribution in [2.24, 2.45) is 41.2 Å². The SMILES string of the molecule is CC(C)CC(N)C(=O)C1C2CC3CC(C2)CC1C3. The van der Waals surface area contributed by atoms with Gasteiger partial charge in [0.2, 0.25) is 0 Å². The number of carbonyl (C=O) groups excluding carboxylic acids is 1. The molecule has 0 radical (unpaired) electrons. The van der Waals surface area contributed by atoms with Gasteiger partial charge in [-0.25, -0.2) is 0 Å². The molecular formula is C16H27NO. The predicted molar refractivity (Wildman–Crippen MR) is 73.0 cm³/mol. The Balaban J connectivity index is 1.70. The van der Waals surface area contributed by atoms with E-state index in [2.05, 4.69) is 13.8 Å². The minimum absolute atomic E-state index is 0.201. The summed E-state index contributed by atoms with van der Waals surface area (Å²) >= 11 is 0. The summed E-state index contributed by atoms with van der Waals surface area (Å²) in [5.41, 5.74) is 6.15. The summed E-state index contributed by atoms with van der Waals surface area (Å²) < 4.78 is 0. The summed E-state index contributed by atoms with van der Waals surface area (Å²) in [7, 11) is 0. The first kappa shape index (κ1) is 12.7. The molecule has 0 spiro atoms. The second kappa shape index (κ2) is 4.63. The van der Waals surface area contributed by atoms with Gasteiger partial charge in [-0.1, -0.05) is 13.8 Å². The van der Waals surface area contributed by atoms with Crippen LogP contribution in [-0.2, 0) is 4.79 Å². The van der Waals surface area contributed by atoms with Gasteiger partial charge in [0.15, 0.2) is 5.78 Å². The Kier molecular flexibility index (Phi) is 3.25. The lowest BCUT2D eigenvalue weighted by molar-refractivity contribution is -0.137. The van der Waals surface area contributed by atoms with E-state index in [1.54, 1.807) is 0 Å². The molecule has 102 valence electrons. The summed E-state index contributed by atoms with van der Waals surface area (Å²) in [6, 6.07) is -0.201. The molecule has 2 N–H and O–H groups in total. The Morgan fingerprint density at radius 1 is 1.06 bits per heavy atom. The van der Waals surface area contributed by atoms with Gasteiger partial charge in [-0.05, 0) is 68.1 Å². The number of Topliss-reactive ketones (excluding diaryl/α,β-unsaturated/α-hetero) is 1. The van der Waals surface area contributed by atoms with Crippen molar-refractivity contribution in [2.75, 3.05) is 0 Å². The number of nitrogens with two attached hydrogens (primary N) is 1. The van der Waals surface area contributed by atoms with Crippen molar-refractivity contribution in [2.45, 2.75) is 58.4 Å². The highest BCUT2D eigenvalue weighted by molar-refractivity contribution is 5.86. The molecule has 4 aliphatic rings. The van der Waals surface area contributed by atoms with E-state index in [-0.39, 0.29) is 6.04 Å². The van der Waals surface area contributed by atoms with E-state index < -0.39 is 0 Å². The maximum atomic E-state index is 12.6. The van der Waals surface area contributed by atoms with E-state index >= 15 is 0 Å². The molecule has 18 heavy (non-hydrogen) atoms. The summed E-state index contributed by atoms with van der Waals surface area (Å²) in [5, 5.41) is 0. The Morgan fingerprint density at radius 2 is 1.56 bits per heavy atom. The van der Waals surface area contributed by atoms with Crippen molar-refractivity contribution < 1.29 is 4.79 Å². The Morgan fingerprint density at radius 3 is 2.00 bits per heavy atom. The van der Waals surface area contributed by atoms with Crippen LogP contribution in [0.15, 0.2) is 0 Å². The minimum atomic E-state index is -0.201. The third-order valence-electron chi connectivity index (χ3n) is 5.65. The first-order valence-corrected chi connectivity index (χ1v) is 7.84. The lowest BCUT2D eigenvalue weighted by atomic mass is 9.50. The molecule has 4 rings (SSSR count). The summed E-state index contributed by atoms with van der Waals surface area (Å²) in [6.45, 7) is 4.31. The van der Waals surface area contributed by atoms with Gasteiger partial charge in [-0.15, -0.1) is 0 Å². The fourth-order valence-electron chi connectivity index (χ4n) is 5.26. The van der Waals surface area contributed by atoms with Crippen LogP contribution in [0.25, 0.3) is 0 Å². The summed E-state index contributed by atoms with van der Waals surface area (Å²) in [5.74, 6) is 4.51. The molecule has 1 atom stereocenters. The zero-order chi connectivity index (χ0) is 12.9. The van der Waals surface area contributed by atoms with Gasteiger partial charge in [-0.3, -0.25) is 4.79 Å². The highest BCUT2D eigenvalue weighted by atomic mass is 16.1. The number of rotatable bonds is 4. The van der Waals surface area contributed by atoms with Crippen LogP contribution < -0.4 is 5.73 Å². The Labute approximate surface area is 111 Å². The molecule has 0 aliphatic heterocycles. The third-order valence-corrected chi connectivity index (χ3v) is 5.65. The predicted octanol–water partition coefficient (Wildman–Crippen LogP) is 3.00. The van der Waals surface area contributed by atoms with E-state index in [9.17, 15) is 4.79 Å². The maximum absolute atomic E-state index is 12.6. The van der Waals surface area contributed by atoms with Crippen molar-refractivity contribution in [3.05, 3.63) is 0 Å². The molecule has 2 nitrogen and oxygen atoms in total. The van der Waals surface area contributed by atoms with Crippen LogP contribution in [-0.4, -0.2) is 11.8 Å². The lowest BCUT2D eigenvalue weighted by Gasteiger charge is -2.54. The average molecular weight is 249 g/mol. The van der Waals surface area contributed by atoms with Gasteiger partial charge >= 0.3 is 0 Å². The van der Waals surface area contributed by atoms with Crippen molar-refractivity contribution in [3.8, 4) is 0 Å². The molecule has 0 saturated heterocycles. The largest absolute Gasteiger partial charge is 0.321 e. The lowest BCUT2D eigenvalue weighted by Crippen LogP contribution is -2.51. The molecule has 0 aromatic heterocycles. The van der Waals surface area contributed by atoms with E-state index in [0.717, 1.165) is 18.3 Å². The van der Waals surface area contributed by atoms with E-state index in [1.807, 2.05) is 0 Å². The zero-order valence-electron chi connectivity index (χ0n) is 11.8. The van der Waals surface area contributed by atoms with Gasteiger partial charge in [0.1, 0.15) is 0 Å². The molecule has 2 heteroatoms. The van der Waals surface area contributed by atoms with Crippen molar-refractivity contribution in [1.82, 2.24) is 0 Å². The molecule has 0 amide bonds. The molecule has 4 fully saturated rings. The molecule has 0 aromatic rings. The van der Waals surface area contributed by atoms with E-state index in [0.29, 0.717) is 29.5 Å². The molecule has 4 aliphatic carbocycles. The van der Waals surface area contributed by atoms with Crippen LogP contribution >= 0.6 is 0 Å². The molecule has 4 bridgehead atoms. The van der Waals surface area contributed by atoms with Crippen LogP contribution in [0.2, 0.25) is 0 Å². The van der Waals surface area contributed by atoms with Crippen LogP contribution in [0.3, 0.4) is 0 Å². The molecule has 0 heterocycles. The summed E-state index contributed by atoms with van der Waals surface area (Å²) in [6.07, 6.45) is 7.58. The highest BCUT2D eigenvalue weighted by Crippen LogP contribution is 2.56. The van der Waals surface area contributed by atoms with Crippen LogP contribution in [0.4, 0.5) is 0 Å². The van der Waals surface area contributed by atoms with Gasteiger partial charge in [0, 0.05) is 5.92 Å². The van der Waals surface area contributed by atoms with Gasteiger partial charge in [-0.2, -0.15) is 0 Å². The number of hydrogen-bond acceptors (Lipinski definition) is 2. The average Bonchev–Trinajstić information content (AvgIpc) is 2.26. The van der Waals surface area contributed by atoms with Crippen molar-refractivity contribution >= 4 is 5.78 Å². The van der Waals surface area contributed by atoms with Gasteiger partial charge in [0.25, 0.3) is 0 Å². The second-order valence-corrected chi connectivity index (χ2v) is 7.59. The number of ketones is 1. The smallest absolute Gasteiger partial charge is 0.153 e. The fourth-order valence-corrected chi connectivity index (χ4v) is 5.26. The third kappa shape index (κ3) is 2.13. The zero-order valence-corrected chi connectivity index (χ0v) is 11.8. The maximum Gasteiger partial charge on any atom is 0.153 e. The molecule has 4 saturated carbocycles. The molecule has 0 aromatic carbocycles. The Hall–Kier alpha value is -0.370. The van der Waals surface area contributed by atoms with E-state index in [1.165, 1.54) is 32.1 Å². The Bertz CT molecular complexity index is 308. The summed E-state index contributed by atoms with van der Waals surface area (Å²) in [4.78, 5) is 12.6. The normalized spacial score (nSPS) is 43.4. The van der Waals surface area contributed by atoms with Crippen molar-refractivity contribution in [1.29, 1.82) is 0 Å². The highest BCUT2D eigenvalue weighted by Gasteiger charge is 2.51. The van der Waals surface area contributed by atoms with Crippen LogP contribution in [0.1, 0.15) is 52.4 Å². The van der Waals surface area contributed by atoms with Crippen LogP contribution in [0.5, 0.6) is 0 Å².